The fraction of sp³-hybridized carbons (Fsp3) is 0.548. The molecule has 0 saturated heterocycles. The summed E-state index contributed by atoms with van der Waals surface area (Å²) in [6.07, 6.45) is 106. The summed E-state index contributed by atoms with van der Waals surface area (Å²) in [5.74, 6) is -2.45. The maximum atomic E-state index is 13.1. The zero-order chi connectivity index (χ0) is 81.7. The Morgan fingerprint density at radius 1 is 0.259 bits per heavy atom. The van der Waals surface area contributed by atoms with Crippen molar-refractivity contribution in [2.75, 3.05) is 39.6 Å². The molecule has 0 rings (SSSR count). The zero-order valence-corrected chi connectivity index (χ0v) is 70.5. The highest BCUT2D eigenvalue weighted by molar-refractivity contribution is 7.47. The number of esters is 4. The van der Waals surface area contributed by atoms with Gasteiger partial charge in [0, 0.05) is 25.7 Å². The molecule has 17 nitrogen and oxygen atoms in total. The number of aliphatic hydroxyl groups excluding tert-OH is 1. The molecule has 0 heterocycles. The zero-order valence-electron chi connectivity index (χ0n) is 68.7. The Hall–Kier alpha value is -6.88. The van der Waals surface area contributed by atoms with Gasteiger partial charge in [0.15, 0.2) is 12.2 Å². The number of allylic oxidation sites excluding steroid dienone is 38. The molecule has 5 atom stereocenters. The molecule has 0 saturated carbocycles. The Bertz CT molecular complexity index is 3040. The molecule has 112 heavy (non-hydrogen) atoms. The molecule has 0 radical (unpaired) electrons. The van der Waals surface area contributed by atoms with E-state index in [0.717, 1.165) is 161 Å². The summed E-state index contributed by atoms with van der Waals surface area (Å²) >= 11 is 0. The number of hydrogen-bond acceptors (Lipinski definition) is 15. The number of carbonyl (C=O) groups is 4. The molecule has 0 aromatic heterocycles. The summed E-state index contributed by atoms with van der Waals surface area (Å²) in [6, 6.07) is 0. The van der Waals surface area contributed by atoms with Crippen molar-refractivity contribution in [3.05, 3.63) is 231 Å². The van der Waals surface area contributed by atoms with Crippen LogP contribution in [0.1, 0.15) is 272 Å². The predicted octanol–water partition coefficient (Wildman–Crippen LogP) is 25.0. The van der Waals surface area contributed by atoms with Gasteiger partial charge in [-0.1, -0.05) is 297 Å². The molecule has 0 amide bonds. The lowest BCUT2D eigenvalue weighted by Gasteiger charge is -2.21. The first kappa shape index (κ1) is 105. The highest BCUT2D eigenvalue weighted by Crippen LogP contribution is 2.45. The summed E-state index contributed by atoms with van der Waals surface area (Å²) in [4.78, 5) is 73.2. The predicted molar refractivity (Wildman–Crippen MR) is 463 cm³/mol. The SMILES string of the molecule is CC/C=C\C/C=C\C/C=C\C/C=C\C/C=C\C/C=C\CCC(=O)OCC(COP(=O)(O)OCC(O)COP(=O)(O)OCC(COC(=O)CC/C=C\C/C=C\C/C=C\C/C=C\C/C=C\C/C=C\CC)OC(=O)CCCCCCC/C=C\C/C=C\CCCCC)OC(=O)CCCCC/C=C\C/C=C\C/C=C\C/C=C\C/C=C\CC. The van der Waals surface area contributed by atoms with Crippen molar-refractivity contribution in [1.29, 1.82) is 0 Å². The first-order chi connectivity index (χ1) is 54.7. The van der Waals surface area contributed by atoms with Crippen molar-refractivity contribution in [2.45, 2.75) is 290 Å². The maximum absolute atomic E-state index is 13.1. The van der Waals surface area contributed by atoms with Crippen LogP contribution in [0.3, 0.4) is 0 Å². The van der Waals surface area contributed by atoms with Gasteiger partial charge >= 0.3 is 39.5 Å². The van der Waals surface area contributed by atoms with E-state index in [-0.39, 0.29) is 25.7 Å². The van der Waals surface area contributed by atoms with Crippen LogP contribution in [0.4, 0.5) is 0 Å². The quantitative estimate of drug-likeness (QED) is 0.0169. The molecule has 0 aliphatic rings. The van der Waals surface area contributed by atoms with Gasteiger partial charge in [-0.2, -0.15) is 0 Å². The second-order valence-corrected chi connectivity index (χ2v) is 29.5. The van der Waals surface area contributed by atoms with Gasteiger partial charge in [0.2, 0.25) is 0 Å². The fourth-order valence-corrected chi connectivity index (χ4v) is 11.5. The van der Waals surface area contributed by atoms with Gasteiger partial charge in [-0.15, -0.1) is 0 Å². The third-order valence-corrected chi connectivity index (χ3v) is 18.0. The van der Waals surface area contributed by atoms with E-state index in [1.165, 1.54) is 19.3 Å². The van der Waals surface area contributed by atoms with Gasteiger partial charge in [0.1, 0.15) is 19.3 Å². The first-order valence-electron chi connectivity index (χ1n) is 41.6. The van der Waals surface area contributed by atoms with Crippen LogP contribution in [0.5, 0.6) is 0 Å². The molecule has 0 aliphatic heterocycles. The molecule has 3 N–H and O–H groups in total. The summed E-state index contributed by atoms with van der Waals surface area (Å²) < 4.78 is 68.5. The number of ether oxygens (including phenoxy) is 4. The summed E-state index contributed by atoms with van der Waals surface area (Å²) in [5.41, 5.74) is 0. The Morgan fingerprint density at radius 2 is 0.482 bits per heavy atom. The van der Waals surface area contributed by atoms with E-state index in [9.17, 15) is 43.2 Å². The van der Waals surface area contributed by atoms with Gasteiger partial charge < -0.3 is 33.8 Å². The minimum Gasteiger partial charge on any atom is -0.462 e. The van der Waals surface area contributed by atoms with Gasteiger partial charge in [-0.25, -0.2) is 9.13 Å². The summed E-state index contributed by atoms with van der Waals surface area (Å²) in [5, 5.41) is 10.7. The molecule has 19 heteroatoms. The highest BCUT2D eigenvalue weighted by Gasteiger charge is 2.30. The molecule has 0 bridgehead atoms. The monoisotopic (exact) mass is 1590 g/mol. The summed E-state index contributed by atoms with van der Waals surface area (Å²) in [7, 11) is -10.0. The second kappa shape index (κ2) is 82.1. The third-order valence-electron chi connectivity index (χ3n) is 16.1. The number of hydrogen-bond donors (Lipinski definition) is 3. The number of unbranched alkanes of at least 4 members (excludes halogenated alkanes) is 11. The Kier molecular flexibility index (Phi) is 77.1. The third kappa shape index (κ3) is 81.1. The topological polar surface area (TPSA) is 237 Å². The van der Waals surface area contributed by atoms with E-state index in [4.69, 9.17) is 37.0 Å². The van der Waals surface area contributed by atoms with Gasteiger partial charge in [-0.3, -0.25) is 37.3 Å². The van der Waals surface area contributed by atoms with E-state index >= 15 is 0 Å². The molecular formula is C93H144O17P2. The maximum Gasteiger partial charge on any atom is 0.472 e. The normalized spacial score (nSPS) is 15.0. The average molecular weight is 1600 g/mol. The van der Waals surface area contributed by atoms with Crippen LogP contribution in [0, 0.1) is 0 Å². The lowest BCUT2D eigenvalue weighted by molar-refractivity contribution is -0.161. The lowest BCUT2D eigenvalue weighted by Crippen LogP contribution is -2.30. The number of carbonyl (C=O) groups excluding carboxylic acids is 4. The molecule has 0 spiro atoms. The van der Waals surface area contributed by atoms with E-state index in [1.807, 2.05) is 36.5 Å². The van der Waals surface area contributed by atoms with E-state index in [1.54, 1.807) is 0 Å². The van der Waals surface area contributed by atoms with Crippen LogP contribution in [0.25, 0.3) is 0 Å². The molecule has 0 aromatic rings. The van der Waals surface area contributed by atoms with Crippen molar-refractivity contribution < 1.29 is 80.2 Å². The Labute approximate surface area is 676 Å². The Morgan fingerprint density at radius 3 is 0.759 bits per heavy atom. The van der Waals surface area contributed by atoms with Crippen molar-refractivity contribution >= 4 is 39.5 Å². The standard InChI is InChI=1S/C93H144O17P2/c1-5-9-13-17-21-25-29-33-37-40-43-46-50-53-57-61-65-69-73-77-90(95)103-83-88(109-92(97)79-75-71-67-63-59-55-49-36-32-28-24-20-16-12-8-4)85-107-111(99,100)105-81-87(94)82-106-112(101,102)108-86-89(110-93(98)80-76-72-68-64-60-56-52-48-45-42-39-35-31-27-23-19-15-11-7-3)84-104-91(96)78-74-70-66-62-58-54-51-47-44-41-38-34-30-26-22-18-14-10-6-2/h9-11,13-15,21-28,33-39,43-49,53-54,56-58,60,65-66,69-70,87-89,94H,5-8,12,16-20,29-32,40-42,50-52,55,59,61-64,67-68,71-86H2,1-4H3,(H,99,100)(H,101,102)/b13-9-,14-10-,15-11-,25-21-,26-22-,27-23-,28-24-,37-33-,38-34-,39-35-,46-43-,47-44-,48-45-,49-36-,57-53-,58-54-,60-56-,69-65-,70-66-. The number of rotatable bonds is 75. The molecule has 0 aromatic carbocycles. The van der Waals surface area contributed by atoms with E-state index < -0.39 is 97.5 Å². The second-order valence-electron chi connectivity index (χ2n) is 26.6. The van der Waals surface area contributed by atoms with E-state index in [2.05, 4.69) is 222 Å². The molecule has 0 aliphatic carbocycles. The first-order valence-corrected chi connectivity index (χ1v) is 44.6. The van der Waals surface area contributed by atoms with Crippen molar-refractivity contribution in [2.24, 2.45) is 0 Å². The van der Waals surface area contributed by atoms with Crippen LogP contribution in [-0.2, 0) is 65.4 Å². The highest BCUT2D eigenvalue weighted by atomic mass is 31.2. The molecular weight excluding hydrogens is 1450 g/mol. The largest absolute Gasteiger partial charge is 0.472 e. The van der Waals surface area contributed by atoms with Crippen LogP contribution in [-0.4, -0.2) is 96.7 Å². The van der Waals surface area contributed by atoms with Gasteiger partial charge in [0.25, 0.3) is 0 Å². The van der Waals surface area contributed by atoms with Crippen molar-refractivity contribution in [1.82, 2.24) is 0 Å². The molecule has 5 unspecified atom stereocenters. The number of aliphatic hydroxyl groups is 1. The van der Waals surface area contributed by atoms with Crippen LogP contribution < -0.4 is 0 Å². The van der Waals surface area contributed by atoms with Gasteiger partial charge in [0.05, 0.1) is 26.4 Å². The Balaban J connectivity index is 5.59. The van der Waals surface area contributed by atoms with Gasteiger partial charge in [-0.05, 0) is 180 Å². The van der Waals surface area contributed by atoms with Crippen LogP contribution in [0.2, 0.25) is 0 Å². The van der Waals surface area contributed by atoms with E-state index in [0.29, 0.717) is 38.5 Å². The minimum atomic E-state index is -5.03. The number of phosphoric acid groups is 2. The van der Waals surface area contributed by atoms with Crippen molar-refractivity contribution in [3.63, 3.8) is 0 Å². The summed E-state index contributed by atoms with van der Waals surface area (Å²) in [6.45, 7) is 4.24. The fourth-order valence-electron chi connectivity index (χ4n) is 9.92. The average Bonchev–Trinajstić information content (AvgIpc) is 0.898. The van der Waals surface area contributed by atoms with Crippen LogP contribution in [0.15, 0.2) is 231 Å². The number of phosphoric ester groups is 2. The van der Waals surface area contributed by atoms with Crippen molar-refractivity contribution in [3.8, 4) is 0 Å². The van der Waals surface area contributed by atoms with Crippen LogP contribution >= 0.6 is 15.6 Å². The molecule has 628 valence electrons. The smallest absolute Gasteiger partial charge is 0.462 e. The lowest BCUT2D eigenvalue weighted by atomic mass is 10.1. The molecule has 0 fully saturated rings. The minimum absolute atomic E-state index is 0.0163.